The van der Waals surface area contributed by atoms with Crippen LogP contribution in [-0.4, -0.2) is 11.7 Å². The van der Waals surface area contributed by atoms with Gasteiger partial charge in [-0.15, -0.1) is 12.3 Å². The van der Waals surface area contributed by atoms with Gasteiger partial charge in [0.2, 0.25) is 0 Å². The third-order valence-corrected chi connectivity index (χ3v) is 2.28. The molecule has 16 heavy (non-hydrogen) atoms. The highest BCUT2D eigenvalue weighted by Gasteiger charge is 2.07. The molecule has 2 heteroatoms. The second-order valence-electron chi connectivity index (χ2n) is 3.68. The first-order chi connectivity index (χ1) is 7.77. The fourth-order valence-corrected chi connectivity index (χ4v) is 1.42. The van der Waals surface area contributed by atoms with Crippen molar-refractivity contribution in [3.63, 3.8) is 0 Å². The van der Waals surface area contributed by atoms with Crippen molar-refractivity contribution in [2.24, 2.45) is 0 Å². The van der Waals surface area contributed by atoms with Crippen LogP contribution < -0.4 is 4.74 Å². The average Bonchev–Trinajstić information content (AvgIpc) is 2.33. The summed E-state index contributed by atoms with van der Waals surface area (Å²) in [6.45, 7) is 2.76. The third kappa shape index (κ3) is 3.96. The van der Waals surface area contributed by atoms with Crippen LogP contribution in [0.25, 0.3) is 0 Å². The summed E-state index contributed by atoms with van der Waals surface area (Å²) in [6, 6.07) is 7.54. The number of rotatable bonds is 6. The number of ether oxygens (including phenoxy) is 1. The van der Waals surface area contributed by atoms with E-state index in [1.54, 1.807) is 0 Å². The van der Waals surface area contributed by atoms with Crippen LogP contribution >= 0.6 is 0 Å². The molecular weight excluding hydrogens is 200 g/mol. The first-order valence-corrected chi connectivity index (χ1v) is 5.62. The number of aliphatic hydroxyl groups excluding tert-OH is 1. The number of aliphatic hydroxyl groups is 1. The van der Waals surface area contributed by atoms with Gasteiger partial charge in [-0.1, -0.05) is 19.1 Å². The van der Waals surface area contributed by atoms with Crippen LogP contribution in [0.15, 0.2) is 24.3 Å². The van der Waals surface area contributed by atoms with Gasteiger partial charge in [0.05, 0.1) is 12.7 Å². The first kappa shape index (κ1) is 12.6. The van der Waals surface area contributed by atoms with E-state index in [1.807, 2.05) is 24.3 Å². The molecular formula is C14H18O2. The highest BCUT2D eigenvalue weighted by molar-refractivity contribution is 5.29. The Morgan fingerprint density at radius 3 is 3.00 bits per heavy atom. The monoisotopic (exact) mass is 218 g/mol. The zero-order valence-corrected chi connectivity index (χ0v) is 9.65. The van der Waals surface area contributed by atoms with Crippen molar-refractivity contribution in [1.82, 2.24) is 0 Å². The SMILES string of the molecule is C#CCCC(O)c1cccc(OCCC)c1. The first-order valence-electron chi connectivity index (χ1n) is 5.62. The van der Waals surface area contributed by atoms with E-state index in [0.717, 1.165) is 17.7 Å². The standard InChI is InChI=1S/C14H18O2/c1-3-5-9-14(15)12-7-6-8-13(11-12)16-10-4-2/h1,6-8,11,14-15H,4-5,9-10H2,2H3. The zero-order chi connectivity index (χ0) is 11.8. The van der Waals surface area contributed by atoms with Crippen molar-refractivity contribution in [2.45, 2.75) is 32.3 Å². The van der Waals surface area contributed by atoms with Gasteiger partial charge in [0.15, 0.2) is 0 Å². The summed E-state index contributed by atoms with van der Waals surface area (Å²) in [5, 5.41) is 9.85. The van der Waals surface area contributed by atoms with Crippen LogP contribution in [0.4, 0.5) is 0 Å². The molecule has 0 radical (unpaired) electrons. The smallest absolute Gasteiger partial charge is 0.119 e. The molecule has 1 aromatic carbocycles. The minimum Gasteiger partial charge on any atom is -0.494 e. The van der Waals surface area contributed by atoms with Gasteiger partial charge in [0.25, 0.3) is 0 Å². The number of terminal acetylenes is 1. The van der Waals surface area contributed by atoms with Crippen molar-refractivity contribution in [3.05, 3.63) is 29.8 Å². The molecule has 0 saturated heterocycles. The van der Waals surface area contributed by atoms with Gasteiger partial charge in [-0.25, -0.2) is 0 Å². The molecule has 1 N–H and O–H groups in total. The normalized spacial score (nSPS) is 11.8. The van der Waals surface area contributed by atoms with Crippen LogP contribution in [0.3, 0.4) is 0 Å². The van der Waals surface area contributed by atoms with Gasteiger partial charge in [0, 0.05) is 6.42 Å². The Bertz CT molecular complexity index is 352. The number of benzene rings is 1. The lowest BCUT2D eigenvalue weighted by atomic mass is 10.1. The lowest BCUT2D eigenvalue weighted by molar-refractivity contribution is 0.169. The molecule has 0 aliphatic rings. The van der Waals surface area contributed by atoms with Crippen LogP contribution in [0.1, 0.15) is 37.9 Å². The van der Waals surface area contributed by atoms with E-state index in [9.17, 15) is 5.11 Å². The van der Waals surface area contributed by atoms with E-state index in [4.69, 9.17) is 11.2 Å². The Balaban J connectivity index is 2.62. The lowest BCUT2D eigenvalue weighted by Crippen LogP contribution is -1.99. The van der Waals surface area contributed by atoms with Crippen LogP contribution in [-0.2, 0) is 0 Å². The fourth-order valence-electron chi connectivity index (χ4n) is 1.42. The molecule has 0 aromatic heterocycles. The number of hydrogen-bond donors (Lipinski definition) is 1. The van der Waals surface area contributed by atoms with E-state index in [1.165, 1.54) is 0 Å². The molecule has 0 fully saturated rings. The molecule has 1 atom stereocenters. The summed E-state index contributed by atoms with van der Waals surface area (Å²) in [7, 11) is 0. The van der Waals surface area contributed by atoms with E-state index < -0.39 is 6.10 Å². The Morgan fingerprint density at radius 2 is 2.31 bits per heavy atom. The molecule has 0 spiro atoms. The fraction of sp³-hybridized carbons (Fsp3) is 0.429. The van der Waals surface area contributed by atoms with Crippen molar-refractivity contribution in [2.75, 3.05) is 6.61 Å². The average molecular weight is 218 g/mol. The number of hydrogen-bond acceptors (Lipinski definition) is 2. The Morgan fingerprint density at radius 1 is 1.50 bits per heavy atom. The minimum absolute atomic E-state index is 0.499. The van der Waals surface area contributed by atoms with Gasteiger partial charge >= 0.3 is 0 Å². The lowest BCUT2D eigenvalue weighted by Gasteiger charge is -2.11. The third-order valence-electron chi connectivity index (χ3n) is 2.28. The van der Waals surface area contributed by atoms with Crippen molar-refractivity contribution in [1.29, 1.82) is 0 Å². The van der Waals surface area contributed by atoms with Gasteiger partial charge in [-0.05, 0) is 30.5 Å². The second kappa shape index (κ2) is 6.92. The molecule has 0 amide bonds. The highest BCUT2D eigenvalue weighted by atomic mass is 16.5. The summed E-state index contributed by atoms with van der Waals surface area (Å²) >= 11 is 0. The van der Waals surface area contributed by atoms with Crippen LogP contribution in [0, 0.1) is 12.3 Å². The molecule has 0 aliphatic heterocycles. The zero-order valence-electron chi connectivity index (χ0n) is 9.65. The largest absolute Gasteiger partial charge is 0.494 e. The predicted octanol–water partition coefficient (Wildman–Crippen LogP) is 2.92. The molecule has 0 saturated carbocycles. The summed E-state index contributed by atoms with van der Waals surface area (Å²) in [5.41, 5.74) is 0.865. The maximum atomic E-state index is 9.85. The van der Waals surface area contributed by atoms with Gasteiger partial charge in [-0.2, -0.15) is 0 Å². The van der Waals surface area contributed by atoms with E-state index in [-0.39, 0.29) is 0 Å². The van der Waals surface area contributed by atoms with E-state index in [0.29, 0.717) is 19.4 Å². The summed E-state index contributed by atoms with van der Waals surface area (Å²) in [5.74, 6) is 3.33. The molecule has 0 aliphatic carbocycles. The molecule has 2 nitrogen and oxygen atoms in total. The van der Waals surface area contributed by atoms with Crippen LogP contribution in [0.5, 0.6) is 5.75 Å². The van der Waals surface area contributed by atoms with E-state index in [2.05, 4.69) is 12.8 Å². The maximum Gasteiger partial charge on any atom is 0.119 e. The summed E-state index contributed by atoms with van der Waals surface area (Å²) in [4.78, 5) is 0. The second-order valence-corrected chi connectivity index (χ2v) is 3.68. The van der Waals surface area contributed by atoms with Crippen molar-refractivity contribution in [3.8, 4) is 18.1 Å². The van der Waals surface area contributed by atoms with Gasteiger partial charge in [0.1, 0.15) is 5.75 Å². The maximum absolute atomic E-state index is 9.85. The van der Waals surface area contributed by atoms with Crippen molar-refractivity contribution < 1.29 is 9.84 Å². The van der Waals surface area contributed by atoms with Crippen molar-refractivity contribution >= 4 is 0 Å². The summed E-state index contributed by atoms with van der Waals surface area (Å²) < 4.78 is 5.50. The molecule has 86 valence electrons. The minimum atomic E-state index is -0.499. The molecule has 0 heterocycles. The molecule has 1 unspecified atom stereocenters. The quantitative estimate of drug-likeness (QED) is 0.744. The Kier molecular flexibility index (Phi) is 5.45. The van der Waals surface area contributed by atoms with E-state index >= 15 is 0 Å². The Labute approximate surface area is 97.3 Å². The summed E-state index contributed by atoms with van der Waals surface area (Å²) in [6.07, 6.45) is 6.82. The topological polar surface area (TPSA) is 29.5 Å². The molecule has 0 bridgehead atoms. The molecule has 1 rings (SSSR count). The molecule has 1 aromatic rings. The Hall–Kier alpha value is -1.46. The predicted molar refractivity (Wildman–Crippen MR) is 65.3 cm³/mol. The van der Waals surface area contributed by atoms with Crippen LogP contribution in [0.2, 0.25) is 0 Å². The van der Waals surface area contributed by atoms with Gasteiger partial charge < -0.3 is 9.84 Å². The van der Waals surface area contributed by atoms with Gasteiger partial charge in [-0.3, -0.25) is 0 Å². The highest BCUT2D eigenvalue weighted by Crippen LogP contribution is 2.22.